The third-order valence-electron chi connectivity index (χ3n) is 4.89. The number of carbonyl (C=O) groups excluding carboxylic acids is 2. The van der Waals surface area contributed by atoms with Gasteiger partial charge in [-0.15, -0.1) is 0 Å². The van der Waals surface area contributed by atoms with Crippen molar-refractivity contribution in [1.82, 2.24) is 9.88 Å². The molecule has 2 heterocycles. The molecule has 3 rings (SSSR count). The van der Waals surface area contributed by atoms with E-state index in [0.717, 1.165) is 12.8 Å². The summed E-state index contributed by atoms with van der Waals surface area (Å²) in [6.07, 6.45) is 3.17. The summed E-state index contributed by atoms with van der Waals surface area (Å²) < 4.78 is 0. The number of likely N-dealkylation sites (tertiary alicyclic amines) is 1. The van der Waals surface area contributed by atoms with Gasteiger partial charge in [-0.25, -0.2) is 0 Å². The minimum atomic E-state index is -0.377. The molecule has 0 saturated carbocycles. The molecule has 1 aromatic rings. The summed E-state index contributed by atoms with van der Waals surface area (Å²) in [5.74, 6) is 0.207. The molecule has 1 unspecified atom stereocenters. The van der Waals surface area contributed by atoms with E-state index in [1.165, 1.54) is 6.07 Å². The lowest BCUT2D eigenvalue weighted by Gasteiger charge is -2.32. The lowest BCUT2D eigenvalue weighted by atomic mass is 9.75. The Bertz CT molecular complexity index is 717. The standard InChI is InChI=1S/C18H24N2O3/c1-11-5-4-6-20(10-11)17(23)13-7-12-14(19-16(13)22)8-18(2,3)9-15(12)21/h7,11H,4-6,8-10H2,1-3H3,(H,19,22). The van der Waals surface area contributed by atoms with Crippen LogP contribution in [0.1, 0.15) is 66.4 Å². The van der Waals surface area contributed by atoms with E-state index < -0.39 is 0 Å². The molecule has 1 amide bonds. The van der Waals surface area contributed by atoms with E-state index >= 15 is 0 Å². The highest BCUT2D eigenvalue weighted by Gasteiger charge is 2.33. The highest BCUT2D eigenvalue weighted by molar-refractivity contribution is 6.02. The molecular weight excluding hydrogens is 292 g/mol. The van der Waals surface area contributed by atoms with E-state index in [2.05, 4.69) is 11.9 Å². The van der Waals surface area contributed by atoms with Crippen molar-refractivity contribution in [2.24, 2.45) is 11.3 Å². The second-order valence-electron chi connectivity index (χ2n) is 7.84. The van der Waals surface area contributed by atoms with Crippen LogP contribution in [0.15, 0.2) is 10.9 Å². The molecule has 5 nitrogen and oxygen atoms in total. The molecule has 5 heteroatoms. The molecule has 1 fully saturated rings. The lowest BCUT2D eigenvalue weighted by molar-refractivity contribution is 0.0681. The number of rotatable bonds is 1. The van der Waals surface area contributed by atoms with Crippen molar-refractivity contribution in [2.75, 3.05) is 13.1 Å². The van der Waals surface area contributed by atoms with E-state index in [-0.39, 0.29) is 28.2 Å². The number of carbonyl (C=O) groups is 2. The van der Waals surface area contributed by atoms with Crippen LogP contribution < -0.4 is 5.56 Å². The van der Waals surface area contributed by atoms with Gasteiger partial charge in [0.2, 0.25) is 0 Å². The van der Waals surface area contributed by atoms with Crippen molar-refractivity contribution < 1.29 is 9.59 Å². The first-order chi connectivity index (χ1) is 10.8. The molecular formula is C18H24N2O3. The van der Waals surface area contributed by atoms with E-state index in [9.17, 15) is 14.4 Å². The Morgan fingerprint density at radius 2 is 2.04 bits per heavy atom. The van der Waals surface area contributed by atoms with Gasteiger partial charge < -0.3 is 9.88 Å². The Labute approximate surface area is 136 Å². The Morgan fingerprint density at radius 3 is 2.74 bits per heavy atom. The van der Waals surface area contributed by atoms with Gasteiger partial charge in [0, 0.05) is 30.8 Å². The largest absolute Gasteiger partial charge is 0.338 e. The minimum Gasteiger partial charge on any atom is -0.338 e. The predicted octanol–water partition coefficient (Wildman–Crippen LogP) is 2.40. The van der Waals surface area contributed by atoms with Gasteiger partial charge in [0.1, 0.15) is 5.56 Å². The molecule has 1 aromatic heterocycles. The summed E-state index contributed by atoms with van der Waals surface area (Å²) in [7, 11) is 0. The maximum absolute atomic E-state index is 12.7. The van der Waals surface area contributed by atoms with E-state index in [4.69, 9.17) is 0 Å². The molecule has 0 aromatic carbocycles. The number of piperidine rings is 1. The first kappa shape index (κ1) is 16.0. The fourth-order valence-corrected chi connectivity index (χ4v) is 3.73. The van der Waals surface area contributed by atoms with Crippen molar-refractivity contribution in [3.63, 3.8) is 0 Å². The second-order valence-corrected chi connectivity index (χ2v) is 7.84. The topological polar surface area (TPSA) is 70.2 Å². The minimum absolute atomic E-state index is 0.00793. The summed E-state index contributed by atoms with van der Waals surface area (Å²) in [6.45, 7) is 7.50. The smallest absolute Gasteiger partial charge is 0.261 e. The van der Waals surface area contributed by atoms with Gasteiger partial charge in [0.15, 0.2) is 5.78 Å². The number of amides is 1. The van der Waals surface area contributed by atoms with Crippen LogP contribution >= 0.6 is 0 Å². The molecule has 124 valence electrons. The van der Waals surface area contributed by atoms with Crippen LogP contribution in [0.3, 0.4) is 0 Å². The van der Waals surface area contributed by atoms with Crippen LogP contribution in [0.4, 0.5) is 0 Å². The van der Waals surface area contributed by atoms with Crippen molar-refractivity contribution in [1.29, 1.82) is 0 Å². The third-order valence-corrected chi connectivity index (χ3v) is 4.89. The third kappa shape index (κ3) is 3.09. The fraction of sp³-hybridized carbons (Fsp3) is 0.611. The monoisotopic (exact) mass is 316 g/mol. The van der Waals surface area contributed by atoms with Gasteiger partial charge in [0.25, 0.3) is 11.5 Å². The van der Waals surface area contributed by atoms with Crippen LogP contribution in [0.25, 0.3) is 0 Å². The summed E-state index contributed by atoms with van der Waals surface area (Å²) in [5, 5.41) is 0. The number of aromatic nitrogens is 1. The van der Waals surface area contributed by atoms with Crippen molar-refractivity contribution in [3.8, 4) is 0 Å². The summed E-state index contributed by atoms with van der Waals surface area (Å²) in [5.41, 5.74) is 0.751. The fourth-order valence-electron chi connectivity index (χ4n) is 3.73. The molecule has 2 aliphatic rings. The van der Waals surface area contributed by atoms with Crippen LogP contribution in [0.2, 0.25) is 0 Å². The van der Waals surface area contributed by atoms with E-state index in [0.29, 0.717) is 43.1 Å². The number of hydrogen-bond donors (Lipinski definition) is 1. The van der Waals surface area contributed by atoms with Gasteiger partial charge in [0.05, 0.1) is 0 Å². The zero-order valence-corrected chi connectivity index (χ0v) is 14.1. The van der Waals surface area contributed by atoms with Gasteiger partial charge in [-0.3, -0.25) is 14.4 Å². The zero-order chi connectivity index (χ0) is 16.8. The molecule has 0 spiro atoms. The number of nitrogens with one attached hydrogen (secondary N) is 1. The van der Waals surface area contributed by atoms with Gasteiger partial charge >= 0.3 is 0 Å². The molecule has 1 saturated heterocycles. The first-order valence-corrected chi connectivity index (χ1v) is 8.35. The summed E-state index contributed by atoms with van der Waals surface area (Å²) in [4.78, 5) is 41.9. The second kappa shape index (κ2) is 5.62. The molecule has 23 heavy (non-hydrogen) atoms. The Kier molecular flexibility index (Phi) is 3.90. The summed E-state index contributed by atoms with van der Waals surface area (Å²) in [6, 6.07) is 1.52. The number of ketones is 1. The lowest BCUT2D eigenvalue weighted by Crippen LogP contribution is -2.42. The Hall–Kier alpha value is -1.91. The summed E-state index contributed by atoms with van der Waals surface area (Å²) >= 11 is 0. The molecule has 1 aliphatic carbocycles. The number of H-pyrrole nitrogens is 1. The van der Waals surface area contributed by atoms with Gasteiger partial charge in [-0.1, -0.05) is 20.8 Å². The molecule has 0 radical (unpaired) electrons. The Balaban J connectivity index is 1.96. The maximum Gasteiger partial charge on any atom is 0.261 e. The van der Waals surface area contributed by atoms with Crippen molar-refractivity contribution in [3.05, 3.63) is 33.2 Å². The van der Waals surface area contributed by atoms with Crippen molar-refractivity contribution in [2.45, 2.75) is 46.5 Å². The average Bonchev–Trinajstić information content (AvgIpc) is 2.44. The highest BCUT2D eigenvalue weighted by atomic mass is 16.2. The SMILES string of the molecule is CC1CCCN(C(=O)c2cc3c([nH]c2=O)CC(C)(C)CC3=O)C1. The molecule has 1 N–H and O–H groups in total. The van der Waals surface area contributed by atoms with Crippen molar-refractivity contribution >= 4 is 11.7 Å². The first-order valence-electron chi connectivity index (χ1n) is 8.35. The number of aromatic amines is 1. The average molecular weight is 316 g/mol. The maximum atomic E-state index is 12.7. The van der Waals surface area contributed by atoms with Gasteiger partial charge in [-0.2, -0.15) is 0 Å². The zero-order valence-electron chi connectivity index (χ0n) is 14.1. The van der Waals surface area contributed by atoms with Crippen LogP contribution in [-0.2, 0) is 6.42 Å². The number of Topliss-reactive ketones (excluding diaryl/α,β-unsaturated/α-hetero) is 1. The quantitative estimate of drug-likeness (QED) is 0.865. The molecule has 0 bridgehead atoms. The number of hydrogen-bond acceptors (Lipinski definition) is 3. The van der Waals surface area contributed by atoms with E-state index in [1.54, 1.807) is 4.90 Å². The van der Waals surface area contributed by atoms with Crippen LogP contribution in [-0.4, -0.2) is 34.7 Å². The molecule has 1 aliphatic heterocycles. The highest BCUT2D eigenvalue weighted by Crippen LogP contribution is 2.33. The van der Waals surface area contributed by atoms with Crippen LogP contribution in [0.5, 0.6) is 0 Å². The molecule has 1 atom stereocenters. The Morgan fingerprint density at radius 1 is 1.30 bits per heavy atom. The number of pyridine rings is 1. The van der Waals surface area contributed by atoms with E-state index in [1.807, 2.05) is 13.8 Å². The number of fused-ring (bicyclic) bond motifs is 1. The van der Waals surface area contributed by atoms with Crippen LogP contribution in [0, 0.1) is 11.3 Å². The van der Waals surface area contributed by atoms with Gasteiger partial charge in [-0.05, 0) is 36.7 Å². The normalized spacial score (nSPS) is 23.5. The predicted molar refractivity (Wildman–Crippen MR) is 87.8 cm³/mol. The number of nitrogens with zero attached hydrogens (tertiary/aromatic N) is 1.